The maximum absolute atomic E-state index is 11.0. The molecule has 32 heavy (non-hydrogen) atoms. The predicted octanol–water partition coefficient (Wildman–Crippen LogP) is 4.23. The molecule has 1 fully saturated rings. The first-order valence-electron chi connectivity index (χ1n) is 11.0. The van der Waals surface area contributed by atoms with Gasteiger partial charge in [-0.05, 0) is 44.3 Å². The van der Waals surface area contributed by atoms with E-state index in [0.717, 1.165) is 56.0 Å². The number of azo groups is 1. The van der Waals surface area contributed by atoms with Crippen molar-refractivity contribution in [1.82, 2.24) is 19.4 Å². The molecule has 0 unspecified atom stereocenters. The molecule has 0 bridgehead atoms. The molecule has 1 aliphatic rings. The average Bonchev–Trinajstić information content (AvgIpc) is 3.10. The van der Waals surface area contributed by atoms with Crippen molar-refractivity contribution in [2.24, 2.45) is 10.2 Å². The molecule has 0 spiro atoms. The van der Waals surface area contributed by atoms with Crippen LogP contribution in [0, 0.1) is 0 Å². The fraction of sp³-hybridized carbons (Fsp3) is 0.391. The van der Waals surface area contributed by atoms with E-state index in [1.807, 2.05) is 72.0 Å². The summed E-state index contributed by atoms with van der Waals surface area (Å²) in [6.45, 7) is 9.72. The smallest absolute Gasteiger partial charge is 0.221 e. The lowest BCUT2D eigenvalue weighted by atomic mass is 10.2. The highest BCUT2D eigenvalue weighted by Gasteiger charge is 2.22. The molecule has 0 aliphatic carbocycles. The maximum atomic E-state index is 11.0. The van der Waals surface area contributed by atoms with Crippen LogP contribution in [0.3, 0.4) is 0 Å². The van der Waals surface area contributed by atoms with Gasteiger partial charge in [-0.15, -0.1) is 10.2 Å². The SMILES string of the molecule is CCN(CC)C(=S)N=Nc1c(O)n(CN2CCN(c3ccccn3)CC2)c2ccccc12. The van der Waals surface area contributed by atoms with Crippen LogP contribution in [0.15, 0.2) is 58.9 Å². The summed E-state index contributed by atoms with van der Waals surface area (Å²) in [5.41, 5.74) is 1.39. The zero-order valence-corrected chi connectivity index (χ0v) is 19.4. The van der Waals surface area contributed by atoms with E-state index < -0.39 is 0 Å². The summed E-state index contributed by atoms with van der Waals surface area (Å²) < 4.78 is 1.90. The van der Waals surface area contributed by atoms with Crippen molar-refractivity contribution in [2.45, 2.75) is 20.5 Å². The largest absolute Gasteiger partial charge is 0.493 e. The lowest BCUT2D eigenvalue weighted by Gasteiger charge is -2.35. The van der Waals surface area contributed by atoms with Crippen molar-refractivity contribution < 1.29 is 5.11 Å². The molecular formula is C23H29N7OS. The quantitative estimate of drug-likeness (QED) is 0.447. The molecule has 1 N–H and O–H groups in total. The summed E-state index contributed by atoms with van der Waals surface area (Å²) >= 11 is 5.39. The molecule has 9 heteroatoms. The van der Waals surface area contributed by atoms with Gasteiger partial charge < -0.3 is 14.9 Å². The first kappa shape index (κ1) is 22.2. The number of para-hydroxylation sites is 1. The number of aromatic hydroxyl groups is 1. The van der Waals surface area contributed by atoms with Gasteiger partial charge in [-0.1, -0.05) is 24.3 Å². The number of anilines is 1. The number of benzene rings is 1. The topological polar surface area (TPSA) is 72.5 Å². The molecular weight excluding hydrogens is 422 g/mol. The molecule has 3 aromatic rings. The Labute approximate surface area is 193 Å². The first-order valence-corrected chi connectivity index (χ1v) is 11.4. The number of thiocarbonyl (C=S) groups is 1. The van der Waals surface area contributed by atoms with Crippen molar-refractivity contribution in [1.29, 1.82) is 0 Å². The van der Waals surface area contributed by atoms with Gasteiger partial charge in [0.15, 0.2) is 5.69 Å². The molecule has 4 rings (SSSR count). The average molecular weight is 452 g/mol. The second kappa shape index (κ2) is 10.1. The van der Waals surface area contributed by atoms with E-state index in [0.29, 0.717) is 17.5 Å². The summed E-state index contributed by atoms with van der Waals surface area (Å²) in [4.78, 5) is 11.0. The van der Waals surface area contributed by atoms with Crippen LogP contribution in [0.25, 0.3) is 10.9 Å². The number of pyridine rings is 1. The van der Waals surface area contributed by atoms with Crippen LogP contribution in [0.2, 0.25) is 0 Å². The van der Waals surface area contributed by atoms with Gasteiger partial charge >= 0.3 is 0 Å². The number of aromatic nitrogens is 2. The van der Waals surface area contributed by atoms with Crippen LogP contribution in [0.4, 0.5) is 11.5 Å². The number of hydrogen-bond donors (Lipinski definition) is 1. The molecule has 0 atom stereocenters. The summed E-state index contributed by atoms with van der Waals surface area (Å²) in [6, 6.07) is 13.9. The standard InChI is InChI=1S/C23H29N7OS/c1-3-28(4-2)23(32)26-25-21-18-9-5-6-10-19(18)30(22(21)31)17-27-13-15-29(16-14-27)20-11-7-8-12-24-20/h5-12,31H,3-4,13-17H2,1-2H3. The van der Waals surface area contributed by atoms with E-state index in [1.54, 1.807) is 0 Å². The van der Waals surface area contributed by atoms with E-state index in [4.69, 9.17) is 12.2 Å². The normalized spacial score (nSPS) is 15.0. The van der Waals surface area contributed by atoms with Gasteiger partial charge in [0.05, 0.1) is 12.2 Å². The van der Waals surface area contributed by atoms with Gasteiger partial charge in [0.25, 0.3) is 0 Å². The van der Waals surface area contributed by atoms with Gasteiger partial charge in [0, 0.05) is 50.9 Å². The fourth-order valence-electron chi connectivity index (χ4n) is 4.02. The molecule has 2 aromatic heterocycles. The number of piperazine rings is 1. The van der Waals surface area contributed by atoms with E-state index >= 15 is 0 Å². The Kier molecular flexibility index (Phi) is 6.96. The summed E-state index contributed by atoms with van der Waals surface area (Å²) in [5, 5.41) is 20.9. The van der Waals surface area contributed by atoms with Crippen molar-refractivity contribution in [3.05, 3.63) is 48.7 Å². The Hall–Kier alpha value is -3.04. The van der Waals surface area contributed by atoms with Crippen molar-refractivity contribution in [3.8, 4) is 5.88 Å². The Bertz CT molecular complexity index is 1090. The van der Waals surface area contributed by atoms with Gasteiger partial charge in [-0.2, -0.15) is 0 Å². The second-order valence-corrected chi connectivity index (χ2v) is 8.07. The summed E-state index contributed by atoms with van der Waals surface area (Å²) in [6.07, 6.45) is 1.83. The monoisotopic (exact) mass is 451 g/mol. The number of fused-ring (bicyclic) bond motifs is 1. The molecule has 8 nitrogen and oxygen atoms in total. The number of nitrogens with zero attached hydrogens (tertiary/aromatic N) is 7. The zero-order valence-electron chi connectivity index (χ0n) is 18.6. The van der Waals surface area contributed by atoms with Gasteiger partial charge in [0.1, 0.15) is 5.82 Å². The third-order valence-corrected chi connectivity index (χ3v) is 6.21. The maximum Gasteiger partial charge on any atom is 0.221 e. The van der Waals surface area contributed by atoms with E-state index in [9.17, 15) is 5.11 Å². The Morgan fingerprint density at radius 3 is 2.47 bits per heavy atom. The Balaban J connectivity index is 1.53. The minimum absolute atomic E-state index is 0.115. The molecule has 1 aromatic carbocycles. The summed E-state index contributed by atoms with van der Waals surface area (Å²) in [7, 11) is 0. The molecule has 1 saturated heterocycles. The molecule has 1 aliphatic heterocycles. The lowest BCUT2D eigenvalue weighted by molar-refractivity contribution is 0.200. The second-order valence-electron chi connectivity index (χ2n) is 7.71. The molecule has 0 amide bonds. The molecule has 0 radical (unpaired) electrons. The van der Waals surface area contributed by atoms with Crippen molar-refractivity contribution in [3.63, 3.8) is 0 Å². The number of hydrogen-bond acceptors (Lipinski definition) is 6. The third-order valence-electron chi connectivity index (χ3n) is 5.87. The highest BCUT2D eigenvalue weighted by atomic mass is 32.1. The highest BCUT2D eigenvalue weighted by Crippen LogP contribution is 2.39. The zero-order chi connectivity index (χ0) is 22.5. The molecule has 3 heterocycles. The van der Waals surface area contributed by atoms with E-state index in [1.165, 1.54) is 0 Å². The van der Waals surface area contributed by atoms with Crippen molar-refractivity contribution in [2.75, 3.05) is 44.2 Å². The molecule has 0 saturated carbocycles. The van der Waals surface area contributed by atoms with E-state index in [-0.39, 0.29) is 5.88 Å². The Morgan fingerprint density at radius 2 is 1.78 bits per heavy atom. The van der Waals surface area contributed by atoms with Crippen LogP contribution in [-0.4, -0.2) is 68.8 Å². The predicted molar refractivity (Wildman–Crippen MR) is 132 cm³/mol. The van der Waals surface area contributed by atoms with Crippen LogP contribution >= 0.6 is 12.2 Å². The minimum Gasteiger partial charge on any atom is -0.493 e. The van der Waals surface area contributed by atoms with E-state index in [2.05, 4.69) is 25.0 Å². The molecule has 168 valence electrons. The van der Waals surface area contributed by atoms with Crippen LogP contribution in [-0.2, 0) is 6.67 Å². The third kappa shape index (κ3) is 4.58. The Morgan fingerprint density at radius 1 is 1.06 bits per heavy atom. The minimum atomic E-state index is 0.115. The van der Waals surface area contributed by atoms with Crippen LogP contribution in [0.5, 0.6) is 5.88 Å². The van der Waals surface area contributed by atoms with Crippen molar-refractivity contribution >= 4 is 39.7 Å². The summed E-state index contributed by atoms with van der Waals surface area (Å²) in [5.74, 6) is 1.12. The van der Waals surface area contributed by atoms with Gasteiger partial charge in [-0.3, -0.25) is 9.47 Å². The van der Waals surface area contributed by atoms with Crippen LogP contribution in [0.1, 0.15) is 13.8 Å². The number of rotatable bonds is 6. The van der Waals surface area contributed by atoms with Gasteiger partial charge in [0.2, 0.25) is 11.0 Å². The van der Waals surface area contributed by atoms with Crippen LogP contribution < -0.4 is 4.90 Å². The van der Waals surface area contributed by atoms with Gasteiger partial charge in [-0.25, -0.2) is 4.98 Å². The highest BCUT2D eigenvalue weighted by molar-refractivity contribution is 7.80. The first-order chi connectivity index (χ1) is 15.6. The fourth-order valence-corrected chi connectivity index (χ4v) is 4.32. The lowest BCUT2D eigenvalue weighted by Crippen LogP contribution is -2.47.